The standard InChI is InChI=1S/C53H76O6/c1-34(2)42-30-40-20-22-46-50(7,44(40)32-38(42)18-11-16-36(5)54)24-13-26-52(46,9)48(56)58-28-15-29-59-49(57)53(10)27-14-25-51(8)45-33-39(19-12-17-37(6)55)43(35(3)4)31-41(45)21-23-47(51)53/h30-35,46-47H,11-29H2,1-10H3. The quantitative estimate of drug-likeness (QED) is 0.124. The summed E-state index contributed by atoms with van der Waals surface area (Å²) in [5, 5.41) is 0. The number of fused-ring (bicyclic) bond motifs is 6. The zero-order valence-electron chi connectivity index (χ0n) is 38.5. The van der Waals surface area contributed by atoms with Gasteiger partial charge in [0.15, 0.2) is 0 Å². The fourth-order valence-electron chi connectivity index (χ4n) is 12.9. The van der Waals surface area contributed by atoms with Gasteiger partial charge in [0.1, 0.15) is 11.6 Å². The second kappa shape index (κ2) is 18.0. The van der Waals surface area contributed by atoms with Gasteiger partial charge in [-0.05, 0) is 184 Å². The lowest BCUT2D eigenvalue weighted by molar-refractivity contribution is -0.167. The lowest BCUT2D eigenvalue weighted by atomic mass is 9.49. The Bertz CT molecular complexity index is 1770. The molecule has 2 saturated carbocycles. The molecule has 6 atom stereocenters. The minimum absolute atomic E-state index is 0.110. The molecule has 4 aliphatic carbocycles. The van der Waals surface area contributed by atoms with Crippen LogP contribution in [0.25, 0.3) is 0 Å². The number of aryl methyl sites for hydroxylation is 4. The molecule has 0 spiro atoms. The Balaban J connectivity index is 1.08. The number of rotatable bonds is 16. The van der Waals surface area contributed by atoms with Crippen LogP contribution >= 0.6 is 0 Å². The van der Waals surface area contributed by atoms with Gasteiger partial charge < -0.3 is 19.1 Å². The van der Waals surface area contributed by atoms with Crippen molar-refractivity contribution in [3.8, 4) is 0 Å². The van der Waals surface area contributed by atoms with Crippen molar-refractivity contribution in [3.05, 3.63) is 68.8 Å². The van der Waals surface area contributed by atoms with Gasteiger partial charge >= 0.3 is 11.9 Å². The van der Waals surface area contributed by atoms with Crippen LogP contribution in [0.5, 0.6) is 0 Å². The Kier molecular flexibility index (Phi) is 13.8. The Morgan fingerprint density at radius 1 is 0.593 bits per heavy atom. The van der Waals surface area contributed by atoms with Crippen LogP contribution in [-0.4, -0.2) is 36.7 Å². The minimum atomic E-state index is -0.576. The molecule has 2 fully saturated rings. The summed E-state index contributed by atoms with van der Waals surface area (Å²) < 4.78 is 12.2. The summed E-state index contributed by atoms with van der Waals surface area (Å²) in [6.07, 6.45) is 14.8. The van der Waals surface area contributed by atoms with Crippen molar-refractivity contribution in [3.63, 3.8) is 0 Å². The molecule has 0 radical (unpaired) electrons. The lowest BCUT2D eigenvalue weighted by Gasteiger charge is -2.54. The lowest BCUT2D eigenvalue weighted by Crippen LogP contribution is -2.53. The summed E-state index contributed by atoms with van der Waals surface area (Å²) in [5.74, 6) is 1.47. The monoisotopic (exact) mass is 809 g/mol. The minimum Gasteiger partial charge on any atom is -0.465 e. The van der Waals surface area contributed by atoms with Crippen molar-refractivity contribution in [2.75, 3.05) is 13.2 Å². The van der Waals surface area contributed by atoms with Gasteiger partial charge in [-0.25, -0.2) is 0 Å². The van der Waals surface area contributed by atoms with E-state index in [1.165, 1.54) is 44.5 Å². The molecule has 2 aromatic carbocycles. The van der Waals surface area contributed by atoms with Gasteiger partial charge in [0.25, 0.3) is 0 Å². The highest BCUT2D eigenvalue weighted by molar-refractivity contribution is 5.79. The first-order valence-corrected chi connectivity index (χ1v) is 23.5. The number of Topliss-reactive ketones (excluding diaryl/α,β-unsaturated/α-hetero) is 2. The van der Waals surface area contributed by atoms with E-state index in [1.54, 1.807) is 13.8 Å². The Morgan fingerprint density at radius 2 is 0.983 bits per heavy atom. The van der Waals surface area contributed by atoms with Crippen molar-refractivity contribution in [2.45, 2.75) is 201 Å². The van der Waals surface area contributed by atoms with Crippen molar-refractivity contribution in [1.82, 2.24) is 0 Å². The molecule has 6 unspecified atom stereocenters. The smallest absolute Gasteiger partial charge is 0.312 e. The summed E-state index contributed by atoms with van der Waals surface area (Å²) >= 11 is 0. The molecule has 6 rings (SSSR count). The highest BCUT2D eigenvalue weighted by Crippen LogP contribution is 2.59. The van der Waals surface area contributed by atoms with Gasteiger partial charge in [-0.15, -0.1) is 0 Å². The van der Waals surface area contributed by atoms with Crippen LogP contribution in [0, 0.1) is 22.7 Å². The highest BCUT2D eigenvalue weighted by atomic mass is 16.5. The molecule has 0 aromatic heterocycles. The second-order valence-corrected chi connectivity index (χ2v) is 21.0. The maximum Gasteiger partial charge on any atom is 0.312 e. The summed E-state index contributed by atoms with van der Waals surface area (Å²) in [7, 11) is 0. The number of ether oxygens (including phenoxy) is 2. The predicted octanol–water partition coefficient (Wildman–Crippen LogP) is 12.0. The summed E-state index contributed by atoms with van der Waals surface area (Å²) in [6, 6.07) is 9.78. The van der Waals surface area contributed by atoms with E-state index in [9.17, 15) is 19.2 Å². The Morgan fingerprint density at radius 3 is 1.34 bits per heavy atom. The van der Waals surface area contributed by atoms with Gasteiger partial charge in [0, 0.05) is 19.3 Å². The first kappa shape index (κ1) is 45.3. The largest absolute Gasteiger partial charge is 0.465 e. The molecule has 4 aliphatic rings. The Labute approximate surface area is 356 Å². The third-order valence-corrected chi connectivity index (χ3v) is 16.1. The van der Waals surface area contributed by atoms with Crippen molar-refractivity contribution >= 4 is 23.5 Å². The number of ketones is 2. The average molecular weight is 809 g/mol. The zero-order valence-corrected chi connectivity index (χ0v) is 38.5. The molecule has 0 bridgehead atoms. The predicted molar refractivity (Wildman–Crippen MR) is 237 cm³/mol. The molecule has 6 heteroatoms. The van der Waals surface area contributed by atoms with Crippen LogP contribution in [0.1, 0.15) is 209 Å². The van der Waals surface area contributed by atoms with E-state index in [0.29, 0.717) is 31.1 Å². The van der Waals surface area contributed by atoms with E-state index in [1.807, 2.05) is 0 Å². The molecule has 324 valence electrons. The molecule has 0 saturated heterocycles. The van der Waals surface area contributed by atoms with E-state index in [2.05, 4.69) is 79.7 Å². The number of carbonyl (C=O) groups excluding carboxylic acids is 4. The van der Waals surface area contributed by atoms with E-state index >= 15 is 0 Å². The average Bonchev–Trinajstić information content (AvgIpc) is 3.16. The molecule has 0 aliphatic heterocycles. The molecular weight excluding hydrogens is 733 g/mol. The summed E-state index contributed by atoms with van der Waals surface area (Å²) in [6.45, 7) is 21.9. The number of benzene rings is 2. The van der Waals surface area contributed by atoms with Gasteiger partial charge in [0.2, 0.25) is 0 Å². The van der Waals surface area contributed by atoms with Gasteiger partial charge in [-0.1, -0.05) is 78.6 Å². The second-order valence-electron chi connectivity index (χ2n) is 21.0. The van der Waals surface area contributed by atoms with Gasteiger partial charge in [-0.3, -0.25) is 9.59 Å². The van der Waals surface area contributed by atoms with Crippen LogP contribution in [0.3, 0.4) is 0 Å². The van der Waals surface area contributed by atoms with E-state index in [4.69, 9.17) is 9.47 Å². The van der Waals surface area contributed by atoms with Gasteiger partial charge in [-0.2, -0.15) is 0 Å². The van der Waals surface area contributed by atoms with Crippen LogP contribution < -0.4 is 0 Å². The van der Waals surface area contributed by atoms with Gasteiger partial charge in [0.05, 0.1) is 24.0 Å². The third-order valence-electron chi connectivity index (χ3n) is 16.1. The maximum absolute atomic E-state index is 14.1. The van der Waals surface area contributed by atoms with Crippen molar-refractivity contribution < 1.29 is 28.7 Å². The summed E-state index contributed by atoms with van der Waals surface area (Å²) in [5.41, 5.74) is 9.80. The molecule has 0 N–H and O–H groups in total. The Hall–Kier alpha value is -3.28. The normalized spacial score (nSPS) is 28.6. The molecule has 0 amide bonds. The van der Waals surface area contributed by atoms with E-state index < -0.39 is 10.8 Å². The van der Waals surface area contributed by atoms with E-state index in [-0.39, 0.29) is 59.4 Å². The highest BCUT2D eigenvalue weighted by Gasteiger charge is 2.57. The molecule has 2 aromatic rings. The first-order valence-electron chi connectivity index (χ1n) is 23.5. The van der Waals surface area contributed by atoms with Crippen molar-refractivity contribution in [2.24, 2.45) is 22.7 Å². The molecular formula is C53H76O6. The fraction of sp³-hybridized carbons (Fsp3) is 0.698. The van der Waals surface area contributed by atoms with E-state index in [0.717, 1.165) is 89.9 Å². The number of esters is 2. The number of hydrogen-bond acceptors (Lipinski definition) is 6. The zero-order chi connectivity index (χ0) is 42.9. The van der Waals surface area contributed by atoms with Crippen LogP contribution in [0.4, 0.5) is 0 Å². The third kappa shape index (κ3) is 8.90. The number of hydrogen-bond donors (Lipinski definition) is 0. The first-order chi connectivity index (χ1) is 27.8. The molecule has 0 heterocycles. The van der Waals surface area contributed by atoms with Crippen LogP contribution in [-0.2, 0) is 65.2 Å². The number of carbonyl (C=O) groups is 4. The molecule has 6 nitrogen and oxygen atoms in total. The van der Waals surface area contributed by atoms with Crippen molar-refractivity contribution in [1.29, 1.82) is 0 Å². The van der Waals surface area contributed by atoms with Crippen LogP contribution in [0.2, 0.25) is 0 Å². The summed E-state index contributed by atoms with van der Waals surface area (Å²) in [4.78, 5) is 51.8. The SMILES string of the molecule is CC(=O)CCCc1cc2c(cc1C(C)C)CCC1C(C)(C(=O)OCCCOC(=O)C3(C)CCCC4(C)c5cc(CCCC(C)=O)c(C(C)C)cc5CCC34)CCCC21C. The fourth-order valence-corrected chi connectivity index (χ4v) is 12.9. The molecule has 59 heavy (non-hydrogen) atoms. The van der Waals surface area contributed by atoms with Crippen LogP contribution in [0.15, 0.2) is 24.3 Å². The maximum atomic E-state index is 14.1. The topological polar surface area (TPSA) is 86.7 Å².